The summed E-state index contributed by atoms with van der Waals surface area (Å²) < 4.78 is 11.7. The van der Waals surface area contributed by atoms with Crippen LogP contribution in [0.2, 0.25) is 0 Å². The van der Waals surface area contributed by atoms with Gasteiger partial charge in [-0.25, -0.2) is 4.79 Å². The van der Waals surface area contributed by atoms with E-state index < -0.39 is 18.5 Å². The number of furan rings is 1. The van der Waals surface area contributed by atoms with Crippen LogP contribution in [0, 0.1) is 18.3 Å². The number of esters is 1. The monoisotopic (exact) mass is 273 g/mol. The first-order valence-electron chi connectivity index (χ1n) is 5.67. The zero-order valence-electron chi connectivity index (χ0n) is 10.6. The second-order valence-corrected chi connectivity index (χ2v) is 3.96. The second-order valence-electron chi connectivity index (χ2n) is 3.96. The zero-order chi connectivity index (χ0) is 14.7. The molecule has 0 saturated carbocycles. The van der Waals surface area contributed by atoms with E-state index in [1.165, 1.54) is 6.92 Å². The van der Waals surface area contributed by atoms with Crippen LogP contribution in [0.1, 0.15) is 21.7 Å². The first-order valence-corrected chi connectivity index (χ1v) is 5.67. The van der Waals surface area contributed by atoms with Gasteiger partial charge in [0.2, 0.25) is 5.88 Å². The van der Waals surface area contributed by atoms with Crippen LogP contribution >= 0.6 is 0 Å². The van der Waals surface area contributed by atoms with Crippen molar-refractivity contribution in [2.24, 2.45) is 5.73 Å². The maximum Gasteiger partial charge on any atom is 0.343 e. The number of nitrogens with two attached hydrogens (primary N) is 1. The molecule has 0 spiro atoms. The Balaban J connectivity index is 2.42. The van der Waals surface area contributed by atoms with Gasteiger partial charge in [-0.3, -0.25) is 9.36 Å². The Bertz CT molecular complexity index is 692. The van der Waals surface area contributed by atoms with Crippen LogP contribution in [0.15, 0.2) is 28.9 Å². The third kappa shape index (κ3) is 2.40. The maximum atomic E-state index is 11.9. The molecule has 0 atom stereocenters. The quantitative estimate of drug-likeness (QED) is 0.831. The second kappa shape index (κ2) is 5.32. The highest BCUT2D eigenvalue weighted by molar-refractivity contribution is 5.95. The molecule has 0 aromatic carbocycles. The van der Waals surface area contributed by atoms with Crippen LogP contribution in [0.3, 0.4) is 0 Å². The lowest BCUT2D eigenvalue weighted by Gasteiger charge is -2.01. The summed E-state index contributed by atoms with van der Waals surface area (Å²) in [5.41, 5.74) is 4.95. The number of hydrogen-bond acceptors (Lipinski definition) is 5. The average molecular weight is 273 g/mol. The molecule has 7 heteroatoms. The van der Waals surface area contributed by atoms with Gasteiger partial charge in [-0.05, 0) is 19.1 Å². The van der Waals surface area contributed by atoms with Gasteiger partial charge in [0.15, 0.2) is 6.61 Å². The number of rotatable bonds is 4. The lowest BCUT2D eigenvalue weighted by Crippen LogP contribution is -2.21. The van der Waals surface area contributed by atoms with Gasteiger partial charge in [0.25, 0.3) is 5.91 Å². The number of ether oxygens (including phenoxy) is 1. The van der Waals surface area contributed by atoms with E-state index in [4.69, 9.17) is 14.9 Å². The standard InChI is InChI=1S/C13H11N3O4/c1-8-11(13(18)19-7-10(15)17)9(6-14)12(20-8)16-4-2-3-5-16/h2-5H,7H2,1H3,(H2,15,17). The fourth-order valence-corrected chi connectivity index (χ4v) is 1.74. The lowest BCUT2D eigenvalue weighted by molar-refractivity contribution is -0.121. The smallest absolute Gasteiger partial charge is 0.343 e. The van der Waals surface area contributed by atoms with Gasteiger partial charge in [-0.2, -0.15) is 5.26 Å². The number of aromatic nitrogens is 1. The minimum absolute atomic E-state index is 0.00236. The molecule has 2 aromatic heterocycles. The van der Waals surface area contributed by atoms with E-state index in [-0.39, 0.29) is 22.8 Å². The minimum atomic E-state index is -0.819. The summed E-state index contributed by atoms with van der Waals surface area (Å²) in [5, 5.41) is 9.21. The third-order valence-electron chi connectivity index (χ3n) is 2.57. The summed E-state index contributed by atoms with van der Waals surface area (Å²) in [6.07, 6.45) is 3.36. The molecular weight excluding hydrogens is 262 g/mol. The number of nitriles is 1. The summed E-state index contributed by atoms with van der Waals surface area (Å²) >= 11 is 0. The van der Waals surface area contributed by atoms with Crippen LogP contribution in [0.5, 0.6) is 0 Å². The van der Waals surface area contributed by atoms with Gasteiger partial charge in [0, 0.05) is 12.4 Å². The molecule has 0 radical (unpaired) electrons. The van der Waals surface area contributed by atoms with E-state index >= 15 is 0 Å². The maximum absolute atomic E-state index is 11.9. The van der Waals surface area contributed by atoms with E-state index in [0.717, 1.165) is 0 Å². The van der Waals surface area contributed by atoms with Crippen molar-refractivity contribution < 1.29 is 18.7 Å². The van der Waals surface area contributed by atoms with Crippen molar-refractivity contribution >= 4 is 11.9 Å². The molecule has 0 bridgehead atoms. The van der Waals surface area contributed by atoms with Crippen LogP contribution in [0.4, 0.5) is 0 Å². The molecule has 0 aliphatic rings. The van der Waals surface area contributed by atoms with Crippen molar-refractivity contribution in [3.05, 3.63) is 41.4 Å². The molecule has 2 heterocycles. The molecule has 2 N–H and O–H groups in total. The Morgan fingerprint density at radius 2 is 2.10 bits per heavy atom. The zero-order valence-corrected chi connectivity index (χ0v) is 10.6. The summed E-state index contributed by atoms with van der Waals surface area (Å²) in [4.78, 5) is 22.5. The summed E-state index contributed by atoms with van der Waals surface area (Å²) in [6, 6.07) is 5.42. The van der Waals surface area contributed by atoms with Crippen LogP contribution in [-0.2, 0) is 9.53 Å². The van der Waals surface area contributed by atoms with Crippen LogP contribution < -0.4 is 5.73 Å². The predicted octanol–water partition coefficient (Wildman–Crippen LogP) is 0.892. The van der Waals surface area contributed by atoms with E-state index in [9.17, 15) is 14.9 Å². The number of nitrogens with zero attached hydrogens (tertiary/aromatic N) is 2. The van der Waals surface area contributed by atoms with Gasteiger partial charge in [0.05, 0.1) is 0 Å². The number of carbonyl (C=O) groups excluding carboxylic acids is 2. The molecule has 0 unspecified atom stereocenters. The largest absolute Gasteiger partial charge is 0.452 e. The first-order chi connectivity index (χ1) is 9.54. The van der Waals surface area contributed by atoms with E-state index in [2.05, 4.69) is 0 Å². The SMILES string of the molecule is Cc1oc(-n2cccc2)c(C#N)c1C(=O)OCC(N)=O. The number of hydrogen-bond donors (Lipinski definition) is 1. The molecule has 20 heavy (non-hydrogen) atoms. The number of primary amides is 1. The minimum Gasteiger partial charge on any atom is -0.452 e. The van der Waals surface area contributed by atoms with Gasteiger partial charge in [-0.15, -0.1) is 0 Å². The van der Waals surface area contributed by atoms with E-state index in [1.54, 1.807) is 29.1 Å². The van der Waals surface area contributed by atoms with E-state index in [0.29, 0.717) is 0 Å². The first kappa shape index (κ1) is 13.4. The Kier molecular flexibility index (Phi) is 3.57. The van der Waals surface area contributed by atoms with Crippen molar-refractivity contribution in [1.82, 2.24) is 4.57 Å². The van der Waals surface area contributed by atoms with Crippen molar-refractivity contribution in [1.29, 1.82) is 5.26 Å². The molecule has 0 saturated heterocycles. The molecule has 102 valence electrons. The topological polar surface area (TPSA) is 111 Å². The van der Waals surface area contributed by atoms with Gasteiger partial charge < -0.3 is 14.9 Å². The fraction of sp³-hybridized carbons (Fsp3) is 0.154. The molecule has 7 nitrogen and oxygen atoms in total. The van der Waals surface area contributed by atoms with Crippen molar-refractivity contribution in [2.75, 3.05) is 6.61 Å². The van der Waals surface area contributed by atoms with E-state index in [1.807, 2.05) is 6.07 Å². The Morgan fingerprint density at radius 3 is 2.65 bits per heavy atom. The van der Waals surface area contributed by atoms with Crippen molar-refractivity contribution in [3.63, 3.8) is 0 Å². The molecule has 0 fully saturated rings. The third-order valence-corrected chi connectivity index (χ3v) is 2.57. The van der Waals surface area contributed by atoms with Crippen molar-refractivity contribution in [3.8, 4) is 12.0 Å². The highest BCUT2D eigenvalue weighted by Crippen LogP contribution is 2.25. The van der Waals surface area contributed by atoms with Gasteiger partial charge in [-0.1, -0.05) is 0 Å². The average Bonchev–Trinajstić information content (AvgIpc) is 3.02. The van der Waals surface area contributed by atoms with Crippen LogP contribution in [-0.4, -0.2) is 23.1 Å². The highest BCUT2D eigenvalue weighted by atomic mass is 16.5. The fourth-order valence-electron chi connectivity index (χ4n) is 1.74. The molecule has 0 aliphatic carbocycles. The molecular formula is C13H11N3O4. The summed E-state index contributed by atoms with van der Waals surface area (Å²) in [7, 11) is 0. The number of amides is 1. The Hall–Kier alpha value is -3.01. The van der Waals surface area contributed by atoms with Crippen LogP contribution in [0.25, 0.3) is 5.88 Å². The lowest BCUT2D eigenvalue weighted by atomic mass is 10.1. The molecule has 1 amide bonds. The predicted molar refractivity (Wildman–Crippen MR) is 67.0 cm³/mol. The summed E-state index contributed by atoms with van der Waals surface area (Å²) in [6.45, 7) is 0.988. The molecule has 0 aliphatic heterocycles. The summed E-state index contributed by atoms with van der Waals surface area (Å²) in [5.74, 6) is -1.13. The highest BCUT2D eigenvalue weighted by Gasteiger charge is 2.25. The molecule has 2 aromatic rings. The van der Waals surface area contributed by atoms with Gasteiger partial charge >= 0.3 is 5.97 Å². The van der Waals surface area contributed by atoms with Gasteiger partial charge in [0.1, 0.15) is 23.0 Å². The number of carbonyl (C=O) groups is 2. The Morgan fingerprint density at radius 1 is 1.45 bits per heavy atom. The Labute approximate surface area is 114 Å². The number of aryl methyl sites for hydroxylation is 1. The van der Waals surface area contributed by atoms with Crippen molar-refractivity contribution in [2.45, 2.75) is 6.92 Å². The molecule has 2 rings (SSSR count). The normalized spacial score (nSPS) is 10.0.